The number of hydrogen-bond acceptors (Lipinski definition) is 5. The smallest absolute Gasteiger partial charge is 0.310 e. The van der Waals surface area contributed by atoms with E-state index in [0.717, 1.165) is 17.4 Å². The Morgan fingerprint density at radius 2 is 1.73 bits per heavy atom. The fraction of sp³-hybridized carbons (Fsp3) is 0.421. The highest BCUT2D eigenvalue weighted by atomic mass is 16.2. The summed E-state index contributed by atoms with van der Waals surface area (Å²) in [6, 6.07) is 9.41. The van der Waals surface area contributed by atoms with E-state index in [9.17, 15) is 9.59 Å². The van der Waals surface area contributed by atoms with Gasteiger partial charge >= 0.3 is 6.03 Å². The van der Waals surface area contributed by atoms with Crippen molar-refractivity contribution in [2.45, 2.75) is 39.5 Å². The molecule has 3 heterocycles. The number of imide groups is 1. The van der Waals surface area contributed by atoms with Gasteiger partial charge < -0.3 is 9.80 Å². The molecule has 0 spiro atoms. The van der Waals surface area contributed by atoms with Crippen molar-refractivity contribution in [1.29, 1.82) is 0 Å². The number of allylic oxidation sites excluding steroid dienone is 2. The average Bonchev–Trinajstić information content (AvgIpc) is 3.14. The summed E-state index contributed by atoms with van der Waals surface area (Å²) in [7, 11) is 1.72. The zero-order chi connectivity index (χ0) is 18.6. The standard InChI is InChI=1S/C19H23N5O2/c1-5-22-17(25)15-16(21(4)19(22)26)20-18-23(12(2)13(3)24(15)18)11-14-9-7-6-8-10-14/h6-10,15-16H,5,11H2,1-4H3. The van der Waals surface area contributed by atoms with Gasteiger partial charge in [0.1, 0.15) is 0 Å². The van der Waals surface area contributed by atoms with E-state index in [-0.39, 0.29) is 11.9 Å². The lowest BCUT2D eigenvalue weighted by Gasteiger charge is -2.40. The maximum atomic E-state index is 13.0. The average molecular weight is 353 g/mol. The molecule has 3 amide bonds. The number of fused-ring (bicyclic) bond motifs is 3. The number of hydrogen-bond donors (Lipinski definition) is 0. The summed E-state index contributed by atoms with van der Waals surface area (Å²) >= 11 is 0. The number of amides is 3. The molecule has 1 fully saturated rings. The highest BCUT2D eigenvalue weighted by molar-refractivity contribution is 6.05. The van der Waals surface area contributed by atoms with Crippen molar-refractivity contribution in [2.75, 3.05) is 13.6 Å². The third-order valence-corrected chi connectivity index (χ3v) is 5.50. The van der Waals surface area contributed by atoms with Crippen LogP contribution in [0.5, 0.6) is 0 Å². The van der Waals surface area contributed by atoms with Crippen molar-refractivity contribution in [3.05, 3.63) is 47.3 Å². The molecule has 7 heteroatoms. The second-order valence-corrected chi connectivity index (χ2v) is 6.88. The quantitative estimate of drug-likeness (QED) is 0.834. The molecule has 1 aromatic carbocycles. The zero-order valence-electron chi connectivity index (χ0n) is 15.5. The van der Waals surface area contributed by atoms with Crippen LogP contribution in [-0.4, -0.2) is 63.3 Å². The van der Waals surface area contributed by atoms with E-state index >= 15 is 0 Å². The van der Waals surface area contributed by atoms with Crippen LogP contribution < -0.4 is 0 Å². The SMILES string of the molecule is CCN1C(=O)C2C(N=C3N(Cc4ccccc4)C(C)=C(C)N32)N(C)C1=O. The largest absolute Gasteiger partial charge is 0.328 e. The molecule has 0 aliphatic carbocycles. The molecule has 0 saturated carbocycles. The molecular weight excluding hydrogens is 330 g/mol. The van der Waals surface area contributed by atoms with Gasteiger partial charge in [0.2, 0.25) is 5.96 Å². The van der Waals surface area contributed by atoms with Crippen molar-refractivity contribution in [3.8, 4) is 0 Å². The number of rotatable bonds is 3. The van der Waals surface area contributed by atoms with Crippen LogP contribution in [0.4, 0.5) is 4.79 Å². The van der Waals surface area contributed by atoms with E-state index in [0.29, 0.717) is 13.1 Å². The molecule has 4 rings (SSSR count). The van der Waals surface area contributed by atoms with Crippen molar-refractivity contribution in [2.24, 2.45) is 4.99 Å². The Bertz CT molecular complexity index is 832. The molecule has 0 radical (unpaired) electrons. The monoisotopic (exact) mass is 353 g/mol. The lowest BCUT2D eigenvalue weighted by atomic mass is 10.1. The number of aliphatic imine (C=N–C) groups is 1. The molecule has 0 N–H and O–H groups in total. The first-order valence-electron chi connectivity index (χ1n) is 8.89. The lowest BCUT2D eigenvalue weighted by Crippen LogP contribution is -2.64. The van der Waals surface area contributed by atoms with Gasteiger partial charge in [-0.1, -0.05) is 30.3 Å². The minimum atomic E-state index is -0.483. The van der Waals surface area contributed by atoms with Gasteiger partial charge in [0.05, 0.1) is 6.54 Å². The Morgan fingerprint density at radius 3 is 2.38 bits per heavy atom. The van der Waals surface area contributed by atoms with Gasteiger partial charge in [-0.25, -0.2) is 9.79 Å². The second kappa shape index (κ2) is 5.86. The van der Waals surface area contributed by atoms with E-state index in [2.05, 4.69) is 17.0 Å². The number of carbonyl (C=O) groups is 2. The minimum Gasteiger partial charge on any atom is -0.310 e. The van der Waals surface area contributed by atoms with Gasteiger partial charge in [-0.05, 0) is 26.3 Å². The van der Waals surface area contributed by atoms with Gasteiger partial charge in [0.25, 0.3) is 5.91 Å². The van der Waals surface area contributed by atoms with Gasteiger partial charge in [-0.15, -0.1) is 0 Å². The molecule has 2 atom stereocenters. The maximum Gasteiger partial charge on any atom is 0.328 e. The Labute approximate surface area is 153 Å². The van der Waals surface area contributed by atoms with Gasteiger partial charge in [-0.2, -0.15) is 0 Å². The number of likely N-dealkylation sites (N-methyl/N-ethyl adjacent to an activating group) is 2. The fourth-order valence-electron chi connectivity index (χ4n) is 3.93. The third kappa shape index (κ3) is 2.16. The molecule has 1 aromatic rings. The van der Waals surface area contributed by atoms with Crippen LogP contribution in [0.25, 0.3) is 0 Å². The lowest BCUT2D eigenvalue weighted by molar-refractivity contribution is -0.136. The molecule has 1 saturated heterocycles. The predicted octanol–water partition coefficient (Wildman–Crippen LogP) is 2.03. The number of urea groups is 1. The second-order valence-electron chi connectivity index (χ2n) is 6.88. The van der Waals surface area contributed by atoms with Crippen molar-refractivity contribution in [1.82, 2.24) is 19.6 Å². The predicted molar refractivity (Wildman–Crippen MR) is 97.8 cm³/mol. The van der Waals surface area contributed by atoms with Crippen LogP contribution in [0.1, 0.15) is 26.3 Å². The van der Waals surface area contributed by atoms with Gasteiger partial charge in [0.15, 0.2) is 12.2 Å². The fourth-order valence-corrected chi connectivity index (χ4v) is 3.93. The Kier molecular flexibility index (Phi) is 3.75. The Balaban J connectivity index is 1.72. The number of benzene rings is 1. The van der Waals surface area contributed by atoms with E-state index in [4.69, 9.17) is 4.99 Å². The van der Waals surface area contributed by atoms with Crippen LogP contribution in [-0.2, 0) is 11.3 Å². The minimum absolute atomic E-state index is 0.173. The third-order valence-electron chi connectivity index (χ3n) is 5.50. The van der Waals surface area contributed by atoms with Crippen LogP contribution in [0, 0.1) is 0 Å². The summed E-state index contributed by atoms with van der Waals surface area (Å²) in [6.45, 7) is 6.93. The summed E-state index contributed by atoms with van der Waals surface area (Å²) in [4.78, 5) is 37.2. The Morgan fingerprint density at radius 1 is 1.04 bits per heavy atom. The van der Waals surface area contributed by atoms with Crippen LogP contribution in [0.3, 0.4) is 0 Å². The van der Waals surface area contributed by atoms with Crippen LogP contribution in [0.2, 0.25) is 0 Å². The van der Waals surface area contributed by atoms with Crippen LogP contribution in [0.15, 0.2) is 46.7 Å². The number of guanidine groups is 1. The zero-order valence-corrected chi connectivity index (χ0v) is 15.5. The summed E-state index contributed by atoms with van der Waals surface area (Å²) in [5.74, 6) is 0.581. The van der Waals surface area contributed by atoms with E-state index in [1.807, 2.05) is 43.9 Å². The summed E-state index contributed by atoms with van der Waals surface area (Å²) in [5.41, 5.74) is 3.27. The molecule has 26 heavy (non-hydrogen) atoms. The number of nitrogens with zero attached hydrogens (tertiary/aromatic N) is 5. The van der Waals surface area contributed by atoms with Crippen molar-refractivity contribution < 1.29 is 9.59 Å². The molecular formula is C19H23N5O2. The molecule has 2 unspecified atom stereocenters. The van der Waals surface area contributed by atoms with Crippen molar-refractivity contribution >= 4 is 17.9 Å². The summed E-state index contributed by atoms with van der Waals surface area (Å²) < 4.78 is 0. The molecule has 0 aromatic heterocycles. The Hall–Kier alpha value is -2.83. The molecule has 3 aliphatic heterocycles. The maximum absolute atomic E-state index is 13.0. The van der Waals surface area contributed by atoms with E-state index < -0.39 is 12.2 Å². The first-order chi connectivity index (χ1) is 12.5. The normalized spacial score (nSPS) is 25.2. The van der Waals surface area contributed by atoms with Gasteiger partial charge in [-0.3, -0.25) is 14.6 Å². The highest BCUT2D eigenvalue weighted by Gasteiger charge is 2.55. The first-order valence-corrected chi connectivity index (χ1v) is 8.89. The molecule has 7 nitrogen and oxygen atoms in total. The topological polar surface area (TPSA) is 59.5 Å². The van der Waals surface area contributed by atoms with Gasteiger partial charge in [0, 0.05) is 25.0 Å². The summed E-state index contributed by atoms with van der Waals surface area (Å²) in [5, 5.41) is 0. The van der Waals surface area contributed by atoms with E-state index in [1.54, 1.807) is 11.9 Å². The van der Waals surface area contributed by atoms with E-state index in [1.165, 1.54) is 10.5 Å². The molecule has 0 bridgehead atoms. The number of carbonyl (C=O) groups excluding carboxylic acids is 2. The first kappa shape index (κ1) is 16.6. The van der Waals surface area contributed by atoms with Crippen molar-refractivity contribution in [3.63, 3.8) is 0 Å². The molecule has 136 valence electrons. The summed E-state index contributed by atoms with van der Waals surface area (Å²) in [6.07, 6.45) is -0.478. The highest BCUT2D eigenvalue weighted by Crippen LogP contribution is 2.38. The van der Waals surface area contributed by atoms with Crippen LogP contribution >= 0.6 is 0 Å². The molecule has 3 aliphatic rings.